The molecule has 26 heavy (non-hydrogen) atoms. The Labute approximate surface area is 160 Å². The summed E-state index contributed by atoms with van der Waals surface area (Å²) in [7, 11) is 0. The SMILES string of the molecule is CC(C)(C)c1cc(/C=N\NC(=O)Cc2cccs2)cc(C(C)(C)C)c1O. The number of hydrazone groups is 1. The topological polar surface area (TPSA) is 61.7 Å². The summed E-state index contributed by atoms with van der Waals surface area (Å²) in [6.45, 7) is 12.4. The maximum absolute atomic E-state index is 11.9. The highest BCUT2D eigenvalue weighted by Gasteiger charge is 2.26. The summed E-state index contributed by atoms with van der Waals surface area (Å²) in [5.41, 5.74) is 4.78. The zero-order valence-electron chi connectivity index (χ0n) is 16.4. The molecular formula is C21H28N2O2S. The first kappa shape index (κ1) is 20.2. The number of aromatic hydroxyl groups is 1. The molecule has 5 heteroatoms. The quantitative estimate of drug-likeness (QED) is 0.601. The van der Waals surface area contributed by atoms with Crippen molar-refractivity contribution >= 4 is 23.5 Å². The van der Waals surface area contributed by atoms with Gasteiger partial charge in [-0.05, 0) is 40.0 Å². The van der Waals surface area contributed by atoms with Crippen molar-refractivity contribution in [2.45, 2.75) is 58.8 Å². The van der Waals surface area contributed by atoms with Crippen molar-refractivity contribution in [3.63, 3.8) is 0 Å². The van der Waals surface area contributed by atoms with Gasteiger partial charge in [0, 0.05) is 16.0 Å². The summed E-state index contributed by atoms with van der Waals surface area (Å²) in [6, 6.07) is 7.72. The Morgan fingerprint density at radius 1 is 1.15 bits per heavy atom. The minimum Gasteiger partial charge on any atom is -0.507 e. The predicted octanol–water partition coefficient (Wildman–Crippen LogP) is 4.74. The normalized spacial score (nSPS) is 12.5. The molecule has 1 heterocycles. The maximum Gasteiger partial charge on any atom is 0.245 e. The molecule has 2 aromatic rings. The second kappa shape index (κ2) is 7.62. The smallest absolute Gasteiger partial charge is 0.245 e. The number of hydrogen-bond acceptors (Lipinski definition) is 4. The van der Waals surface area contributed by atoms with Gasteiger partial charge >= 0.3 is 0 Å². The number of nitrogens with one attached hydrogen (secondary N) is 1. The zero-order chi connectivity index (χ0) is 19.5. The number of benzene rings is 1. The molecule has 0 aliphatic heterocycles. The molecule has 0 aliphatic rings. The van der Waals surface area contributed by atoms with Crippen LogP contribution in [0.2, 0.25) is 0 Å². The van der Waals surface area contributed by atoms with Crippen LogP contribution in [0.5, 0.6) is 5.75 Å². The van der Waals surface area contributed by atoms with Crippen LogP contribution >= 0.6 is 11.3 Å². The largest absolute Gasteiger partial charge is 0.507 e. The van der Waals surface area contributed by atoms with Gasteiger partial charge in [-0.3, -0.25) is 4.79 Å². The average molecular weight is 373 g/mol. The van der Waals surface area contributed by atoms with Crippen LogP contribution in [-0.4, -0.2) is 17.2 Å². The van der Waals surface area contributed by atoms with E-state index < -0.39 is 0 Å². The van der Waals surface area contributed by atoms with Crippen LogP contribution in [-0.2, 0) is 22.0 Å². The molecule has 0 atom stereocenters. The Kier molecular flexibility index (Phi) is 5.91. The monoisotopic (exact) mass is 372 g/mol. The highest BCUT2D eigenvalue weighted by molar-refractivity contribution is 7.10. The number of amides is 1. The summed E-state index contributed by atoms with van der Waals surface area (Å²) in [5, 5.41) is 16.8. The van der Waals surface area contributed by atoms with E-state index in [9.17, 15) is 9.90 Å². The second-order valence-corrected chi connectivity index (χ2v) is 9.55. The minimum atomic E-state index is -0.198. The molecule has 0 saturated heterocycles. The molecular weight excluding hydrogens is 344 g/mol. The lowest BCUT2D eigenvalue weighted by atomic mass is 9.78. The Bertz CT molecular complexity index is 759. The fraction of sp³-hybridized carbons (Fsp3) is 0.429. The van der Waals surface area contributed by atoms with Gasteiger partial charge in [0.15, 0.2) is 0 Å². The highest BCUT2D eigenvalue weighted by Crippen LogP contribution is 2.39. The number of phenols is 1. The molecule has 1 aromatic carbocycles. The van der Waals surface area contributed by atoms with Gasteiger partial charge in [0.05, 0.1) is 12.6 Å². The molecule has 0 aliphatic carbocycles. The Morgan fingerprint density at radius 2 is 1.73 bits per heavy atom. The molecule has 0 fully saturated rings. The first-order valence-corrected chi connectivity index (χ1v) is 9.58. The van der Waals surface area contributed by atoms with E-state index in [2.05, 4.69) is 52.1 Å². The van der Waals surface area contributed by atoms with Gasteiger partial charge in [0.2, 0.25) is 5.91 Å². The number of carbonyl (C=O) groups is 1. The van der Waals surface area contributed by atoms with Gasteiger partial charge in [-0.15, -0.1) is 11.3 Å². The van der Waals surface area contributed by atoms with Gasteiger partial charge in [0.25, 0.3) is 0 Å². The first-order valence-electron chi connectivity index (χ1n) is 8.71. The van der Waals surface area contributed by atoms with Crippen molar-refractivity contribution in [3.05, 3.63) is 51.2 Å². The average Bonchev–Trinajstić information content (AvgIpc) is 2.99. The summed E-state index contributed by atoms with van der Waals surface area (Å²) in [4.78, 5) is 13.0. The fourth-order valence-corrected chi connectivity index (χ4v) is 3.37. The van der Waals surface area contributed by atoms with Crippen LogP contribution in [0.1, 0.15) is 63.1 Å². The lowest BCUT2D eigenvalue weighted by molar-refractivity contribution is -0.120. The van der Waals surface area contributed by atoms with Crippen LogP contribution in [0.15, 0.2) is 34.7 Å². The third kappa shape index (κ3) is 5.18. The fourth-order valence-electron chi connectivity index (χ4n) is 2.66. The Morgan fingerprint density at radius 3 is 2.19 bits per heavy atom. The first-order chi connectivity index (χ1) is 12.0. The lowest BCUT2D eigenvalue weighted by Crippen LogP contribution is -2.20. The number of thiophene rings is 1. The molecule has 0 radical (unpaired) electrons. The molecule has 1 aromatic heterocycles. The van der Waals surface area contributed by atoms with E-state index in [-0.39, 0.29) is 16.7 Å². The lowest BCUT2D eigenvalue weighted by Gasteiger charge is -2.27. The van der Waals surface area contributed by atoms with Crippen molar-refractivity contribution in [1.29, 1.82) is 0 Å². The molecule has 1 amide bonds. The van der Waals surface area contributed by atoms with Crippen molar-refractivity contribution in [2.75, 3.05) is 0 Å². The molecule has 0 spiro atoms. The van der Waals surface area contributed by atoms with E-state index >= 15 is 0 Å². The van der Waals surface area contributed by atoms with Crippen molar-refractivity contribution in [3.8, 4) is 5.75 Å². The van der Waals surface area contributed by atoms with Gasteiger partial charge < -0.3 is 5.11 Å². The highest BCUT2D eigenvalue weighted by atomic mass is 32.1. The summed E-state index contributed by atoms with van der Waals surface area (Å²) >= 11 is 1.55. The van der Waals surface area contributed by atoms with Crippen LogP contribution in [0.4, 0.5) is 0 Å². The van der Waals surface area contributed by atoms with Crippen molar-refractivity contribution in [1.82, 2.24) is 5.43 Å². The Hall–Kier alpha value is -2.14. The van der Waals surface area contributed by atoms with Crippen LogP contribution in [0.3, 0.4) is 0 Å². The second-order valence-electron chi connectivity index (χ2n) is 8.51. The molecule has 140 valence electrons. The van der Waals surface area contributed by atoms with Crippen LogP contribution in [0.25, 0.3) is 0 Å². The molecule has 2 N–H and O–H groups in total. The third-order valence-electron chi connectivity index (χ3n) is 4.07. The third-order valence-corrected chi connectivity index (χ3v) is 4.94. The molecule has 0 unspecified atom stereocenters. The van der Waals surface area contributed by atoms with Gasteiger partial charge in [0.1, 0.15) is 5.75 Å². The van der Waals surface area contributed by atoms with Gasteiger partial charge in [-0.2, -0.15) is 5.10 Å². The van der Waals surface area contributed by atoms with Crippen molar-refractivity contribution < 1.29 is 9.90 Å². The number of carbonyl (C=O) groups excluding carboxylic acids is 1. The minimum absolute atomic E-state index is 0.144. The van der Waals surface area contributed by atoms with E-state index in [0.29, 0.717) is 12.2 Å². The number of rotatable bonds is 4. The predicted molar refractivity (Wildman–Crippen MR) is 109 cm³/mol. The number of hydrogen-bond donors (Lipinski definition) is 2. The number of phenolic OH excluding ortho intramolecular Hbond substituents is 1. The molecule has 4 nitrogen and oxygen atoms in total. The van der Waals surface area contributed by atoms with Crippen LogP contribution in [0, 0.1) is 0 Å². The van der Waals surface area contributed by atoms with Gasteiger partial charge in [-0.1, -0.05) is 47.6 Å². The summed E-state index contributed by atoms with van der Waals surface area (Å²) < 4.78 is 0. The number of nitrogens with zero attached hydrogens (tertiary/aromatic N) is 1. The Balaban J connectivity index is 2.24. The molecule has 2 rings (SSSR count). The molecule has 0 saturated carbocycles. The van der Waals surface area contributed by atoms with Gasteiger partial charge in [-0.25, -0.2) is 5.43 Å². The van der Waals surface area contributed by atoms with E-state index in [0.717, 1.165) is 21.6 Å². The summed E-state index contributed by atoms with van der Waals surface area (Å²) in [5.74, 6) is 0.193. The zero-order valence-corrected chi connectivity index (χ0v) is 17.2. The van der Waals surface area contributed by atoms with Crippen molar-refractivity contribution in [2.24, 2.45) is 5.10 Å². The van der Waals surface area contributed by atoms with E-state index in [4.69, 9.17) is 0 Å². The maximum atomic E-state index is 11.9. The van der Waals surface area contributed by atoms with E-state index in [1.54, 1.807) is 17.6 Å². The summed E-state index contributed by atoms with van der Waals surface area (Å²) in [6.07, 6.45) is 1.96. The van der Waals surface area contributed by atoms with E-state index in [1.807, 2.05) is 29.6 Å². The standard InChI is InChI=1S/C21H28N2O2S/c1-20(2,3)16-10-14(11-17(19(16)25)21(4,5)6)13-22-23-18(24)12-15-8-7-9-26-15/h7-11,13,25H,12H2,1-6H3,(H,23,24)/b22-13-. The van der Waals surface area contributed by atoms with Crippen LogP contribution < -0.4 is 5.43 Å². The van der Waals surface area contributed by atoms with E-state index in [1.165, 1.54) is 0 Å². The molecule has 0 bridgehead atoms.